The predicted octanol–water partition coefficient (Wildman–Crippen LogP) is 3.06. The second-order valence-corrected chi connectivity index (χ2v) is 3.99. The van der Waals surface area contributed by atoms with Gasteiger partial charge in [0.05, 0.1) is 0 Å². The van der Waals surface area contributed by atoms with Crippen LogP contribution in [-0.4, -0.2) is 19.6 Å². The summed E-state index contributed by atoms with van der Waals surface area (Å²) in [5.41, 5.74) is -1.10. The molecule has 2 aromatic rings. The highest BCUT2D eigenvalue weighted by molar-refractivity contribution is 5.85. The number of hydrogen-bond acceptors (Lipinski definition) is 3. The molecule has 0 atom stereocenters. The number of hydrogen-bond donors (Lipinski definition) is 1. The minimum Gasteiger partial charge on any atom is -0.364 e. The Balaban J connectivity index is 0.00000220. The lowest BCUT2D eigenvalue weighted by atomic mass is 10.2. The fourth-order valence-corrected chi connectivity index (χ4v) is 1.63. The zero-order chi connectivity index (χ0) is 14.9. The predicted molar refractivity (Wildman–Crippen MR) is 66.3 cm³/mol. The lowest BCUT2D eigenvalue weighted by Gasteiger charge is -2.06. The maximum absolute atomic E-state index is 12.7. The van der Waals surface area contributed by atoms with Gasteiger partial charge in [0, 0.05) is 37.6 Å². The van der Waals surface area contributed by atoms with Gasteiger partial charge in [-0.25, -0.2) is 4.68 Å². The summed E-state index contributed by atoms with van der Waals surface area (Å²) < 4.78 is 64.0. The average molecular weight is 332 g/mol. The molecule has 118 valence electrons. The Bertz CT molecular complexity index is 591. The first-order chi connectivity index (χ1) is 9.27. The van der Waals surface area contributed by atoms with Gasteiger partial charge in [-0.3, -0.25) is 4.68 Å². The molecule has 0 aliphatic rings. The minimum atomic E-state index is -4.57. The van der Waals surface area contributed by atoms with Gasteiger partial charge in [0.25, 0.3) is 0 Å². The van der Waals surface area contributed by atoms with Crippen molar-refractivity contribution in [1.82, 2.24) is 19.6 Å². The summed E-state index contributed by atoms with van der Waals surface area (Å²) in [5, 5.41) is 9.35. The van der Waals surface area contributed by atoms with Crippen LogP contribution in [0.5, 0.6) is 0 Å². The molecule has 0 radical (unpaired) electrons. The van der Waals surface area contributed by atoms with Gasteiger partial charge in [-0.2, -0.15) is 32.1 Å². The maximum Gasteiger partial charge on any atom is 0.435 e. The van der Waals surface area contributed by atoms with E-state index in [0.29, 0.717) is 4.68 Å². The number of aryl methyl sites for hydroxylation is 1. The van der Waals surface area contributed by atoms with Crippen LogP contribution < -0.4 is 5.32 Å². The van der Waals surface area contributed by atoms with Crippen LogP contribution in [0.2, 0.25) is 0 Å². The second kappa shape index (κ2) is 6.29. The van der Waals surface area contributed by atoms with Crippen molar-refractivity contribution in [2.75, 3.05) is 5.32 Å². The number of rotatable bonds is 4. The van der Waals surface area contributed by atoms with Crippen LogP contribution in [0.25, 0.3) is 0 Å². The molecule has 0 amide bonds. The Labute approximate surface area is 122 Å². The Kier molecular flexibility index (Phi) is 5.15. The highest BCUT2D eigenvalue weighted by Gasteiger charge is 2.36. The van der Waals surface area contributed by atoms with Crippen LogP contribution in [0, 0.1) is 0 Å². The Hall–Kier alpha value is -1.84. The van der Waals surface area contributed by atoms with E-state index in [-0.39, 0.29) is 30.3 Å². The molecule has 0 aromatic carbocycles. The number of halogens is 6. The first kappa shape index (κ1) is 17.2. The van der Waals surface area contributed by atoms with Gasteiger partial charge in [-0.05, 0) is 0 Å². The van der Waals surface area contributed by atoms with Crippen LogP contribution >= 0.6 is 12.4 Å². The van der Waals surface area contributed by atoms with Gasteiger partial charge in [0.1, 0.15) is 5.82 Å². The molecule has 0 bridgehead atoms. The SMILES string of the molecule is Cl.Cn1cc(CNc2ccn(C(F)F)n2)c(C(F)(F)F)n1. The van der Waals surface area contributed by atoms with Crippen molar-refractivity contribution in [2.24, 2.45) is 7.05 Å². The molecule has 1 N–H and O–H groups in total. The van der Waals surface area contributed by atoms with E-state index in [1.165, 1.54) is 19.3 Å². The quantitative estimate of drug-likeness (QED) is 0.876. The van der Waals surface area contributed by atoms with Crippen molar-refractivity contribution >= 4 is 18.2 Å². The van der Waals surface area contributed by atoms with E-state index in [1.54, 1.807) is 0 Å². The lowest BCUT2D eigenvalue weighted by molar-refractivity contribution is -0.142. The molecule has 2 aromatic heterocycles. The summed E-state index contributed by atoms with van der Waals surface area (Å²) in [7, 11) is 1.37. The monoisotopic (exact) mass is 331 g/mol. The Morgan fingerprint density at radius 2 is 1.95 bits per heavy atom. The van der Waals surface area contributed by atoms with E-state index < -0.39 is 18.4 Å². The van der Waals surface area contributed by atoms with Crippen molar-refractivity contribution in [3.63, 3.8) is 0 Å². The van der Waals surface area contributed by atoms with Crippen LogP contribution in [-0.2, 0) is 19.8 Å². The van der Waals surface area contributed by atoms with Gasteiger partial charge in [-0.15, -0.1) is 12.4 Å². The van der Waals surface area contributed by atoms with Gasteiger partial charge in [0.2, 0.25) is 0 Å². The molecular formula is C10H11ClF5N5. The third kappa shape index (κ3) is 4.06. The summed E-state index contributed by atoms with van der Waals surface area (Å²) in [5.74, 6) is 0.0577. The van der Waals surface area contributed by atoms with Crippen molar-refractivity contribution in [3.05, 3.63) is 29.7 Å². The van der Waals surface area contributed by atoms with E-state index in [4.69, 9.17) is 0 Å². The van der Waals surface area contributed by atoms with E-state index in [0.717, 1.165) is 10.9 Å². The molecule has 2 rings (SSSR count). The fraction of sp³-hybridized carbons (Fsp3) is 0.400. The molecule has 5 nitrogen and oxygen atoms in total. The number of alkyl halides is 5. The molecule has 0 unspecified atom stereocenters. The van der Waals surface area contributed by atoms with Gasteiger partial charge >= 0.3 is 12.7 Å². The van der Waals surface area contributed by atoms with E-state index in [1.807, 2.05) is 0 Å². The molecule has 0 saturated carbocycles. The van der Waals surface area contributed by atoms with Crippen molar-refractivity contribution < 1.29 is 22.0 Å². The summed E-state index contributed by atoms with van der Waals surface area (Å²) in [4.78, 5) is 0. The standard InChI is InChI=1S/C10H10F5N5.ClH/c1-19-5-6(8(18-19)10(13,14)15)4-16-7-2-3-20(17-7)9(11)12;/h2-3,5,9H,4H2,1H3,(H,16,17);1H. The summed E-state index contributed by atoms with van der Waals surface area (Å²) >= 11 is 0. The number of nitrogens with one attached hydrogen (secondary N) is 1. The highest BCUT2D eigenvalue weighted by atomic mass is 35.5. The highest BCUT2D eigenvalue weighted by Crippen LogP contribution is 2.30. The van der Waals surface area contributed by atoms with E-state index in [2.05, 4.69) is 15.5 Å². The molecule has 0 aliphatic carbocycles. The van der Waals surface area contributed by atoms with Gasteiger partial charge < -0.3 is 5.32 Å². The maximum atomic E-state index is 12.7. The molecule has 0 spiro atoms. The average Bonchev–Trinajstić information content (AvgIpc) is 2.91. The third-order valence-corrected chi connectivity index (χ3v) is 2.44. The summed E-state index contributed by atoms with van der Waals surface area (Å²) in [6, 6.07) is 1.25. The minimum absolute atomic E-state index is 0. The third-order valence-electron chi connectivity index (χ3n) is 2.44. The van der Waals surface area contributed by atoms with E-state index >= 15 is 0 Å². The molecule has 11 heteroatoms. The smallest absolute Gasteiger partial charge is 0.364 e. The van der Waals surface area contributed by atoms with Gasteiger partial charge in [-0.1, -0.05) is 0 Å². The zero-order valence-corrected chi connectivity index (χ0v) is 11.4. The normalized spacial score (nSPS) is 11.6. The first-order valence-corrected chi connectivity index (χ1v) is 5.44. The second-order valence-electron chi connectivity index (χ2n) is 3.99. The van der Waals surface area contributed by atoms with Crippen LogP contribution in [0.15, 0.2) is 18.5 Å². The van der Waals surface area contributed by atoms with Crippen LogP contribution in [0.4, 0.5) is 27.8 Å². The van der Waals surface area contributed by atoms with Crippen LogP contribution in [0.3, 0.4) is 0 Å². The van der Waals surface area contributed by atoms with Crippen molar-refractivity contribution in [2.45, 2.75) is 19.3 Å². The number of nitrogens with zero attached hydrogens (tertiary/aromatic N) is 4. The van der Waals surface area contributed by atoms with Crippen LogP contribution in [0.1, 0.15) is 17.8 Å². The number of anilines is 1. The number of aromatic nitrogens is 4. The molecule has 0 fully saturated rings. The lowest BCUT2D eigenvalue weighted by Crippen LogP contribution is -2.11. The first-order valence-electron chi connectivity index (χ1n) is 5.44. The molecule has 0 saturated heterocycles. The fourth-order valence-electron chi connectivity index (χ4n) is 1.63. The summed E-state index contributed by atoms with van der Waals surface area (Å²) in [6.45, 7) is -3.02. The topological polar surface area (TPSA) is 47.7 Å². The Morgan fingerprint density at radius 3 is 2.48 bits per heavy atom. The molecule has 21 heavy (non-hydrogen) atoms. The van der Waals surface area contributed by atoms with Crippen molar-refractivity contribution in [1.29, 1.82) is 0 Å². The molecular weight excluding hydrogens is 321 g/mol. The Morgan fingerprint density at radius 1 is 1.29 bits per heavy atom. The van der Waals surface area contributed by atoms with E-state index in [9.17, 15) is 22.0 Å². The largest absolute Gasteiger partial charge is 0.435 e. The summed E-state index contributed by atoms with van der Waals surface area (Å²) in [6.07, 6.45) is -2.33. The molecule has 2 heterocycles. The zero-order valence-electron chi connectivity index (χ0n) is 10.6. The van der Waals surface area contributed by atoms with Gasteiger partial charge in [0.15, 0.2) is 5.69 Å². The van der Waals surface area contributed by atoms with Crippen molar-refractivity contribution in [3.8, 4) is 0 Å². The molecule has 0 aliphatic heterocycles.